The van der Waals surface area contributed by atoms with Gasteiger partial charge in [-0.1, -0.05) is 0 Å². The molecular formula is C6H12O5. The van der Waals surface area contributed by atoms with E-state index in [0.717, 1.165) is 0 Å². The molecule has 5 nitrogen and oxygen atoms in total. The molecule has 0 bridgehead atoms. The van der Waals surface area contributed by atoms with Crippen molar-refractivity contribution in [1.82, 2.24) is 0 Å². The van der Waals surface area contributed by atoms with Crippen LogP contribution >= 0.6 is 0 Å². The van der Waals surface area contributed by atoms with Crippen molar-refractivity contribution in [3.8, 4) is 0 Å². The standard InChI is InChI=1S/C6H12O5/c1-3-4(8)5(9)6(10,2-7)11-3/h3-5,7-10H,2H2,1H3/t3-,4?,5-,6+/m0/s1. The highest BCUT2D eigenvalue weighted by Gasteiger charge is 2.51. The van der Waals surface area contributed by atoms with E-state index in [4.69, 9.17) is 20.1 Å². The van der Waals surface area contributed by atoms with Gasteiger partial charge in [0, 0.05) is 0 Å². The molecule has 1 aliphatic heterocycles. The molecule has 5 heteroatoms. The topological polar surface area (TPSA) is 90.2 Å². The minimum atomic E-state index is -2.00. The minimum Gasteiger partial charge on any atom is -0.391 e. The van der Waals surface area contributed by atoms with Crippen LogP contribution in [0.1, 0.15) is 6.92 Å². The quantitative estimate of drug-likeness (QED) is 0.353. The molecule has 0 aromatic carbocycles. The maximum atomic E-state index is 9.23. The average Bonchev–Trinajstić information content (AvgIpc) is 2.17. The smallest absolute Gasteiger partial charge is 0.219 e. The van der Waals surface area contributed by atoms with Gasteiger partial charge in [-0.05, 0) is 6.92 Å². The lowest BCUT2D eigenvalue weighted by Crippen LogP contribution is -2.46. The zero-order valence-electron chi connectivity index (χ0n) is 6.14. The third-order valence-corrected chi connectivity index (χ3v) is 1.88. The van der Waals surface area contributed by atoms with Crippen LogP contribution in [0.2, 0.25) is 0 Å². The number of hydrogen-bond donors (Lipinski definition) is 4. The predicted octanol–water partition coefficient (Wildman–Crippen LogP) is -2.19. The minimum absolute atomic E-state index is 0.665. The highest BCUT2D eigenvalue weighted by Crippen LogP contribution is 2.28. The molecule has 1 saturated heterocycles. The Morgan fingerprint density at radius 2 is 2.00 bits per heavy atom. The first-order valence-corrected chi connectivity index (χ1v) is 3.38. The van der Waals surface area contributed by atoms with Crippen LogP contribution in [0, 0.1) is 0 Å². The van der Waals surface area contributed by atoms with Crippen LogP contribution < -0.4 is 0 Å². The van der Waals surface area contributed by atoms with E-state index in [9.17, 15) is 5.11 Å². The fourth-order valence-corrected chi connectivity index (χ4v) is 1.12. The molecule has 0 spiro atoms. The Morgan fingerprint density at radius 3 is 2.18 bits per heavy atom. The molecule has 1 heterocycles. The second-order valence-corrected chi connectivity index (χ2v) is 2.76. The summed E-state index contributed by atoms with van der Waals surface area (Å²) in [5, 5.41) is 36.0. The number of hydrogen-bond acceptors (Lipinski definition) is 5. The maximum absolute atomic E-state index is 9.23. The molecule has 0 aromatic heterocycles. The number of rotatable bonds is 1. The van der Waals surface area contributed by atoms with Crippen molar-refractivity contribution in [2.24, 2.45) is 0 Å². The summed E-state index contributed by atoms with van der Waals surface area (Å²) < 4.78 is 4.73. The fraction of sp³-hybridized carbons (Fsp3) is 1.00. The Hall–Kier alpha value is -0.200. The molecule has 0 amide bonds. The maximum Gasteiger partial charge on any atom is 0.219 e. The van der Waals surface area contributed by atoms with Crippen LogP contribution in [-0.4, -0.2) is 51.1 Å². The Labute approximate surface area is 63.8 Å². The van der Waals surface area contributed by atoms with Gasteiger partial charge in [-0.2, -0.15) is 0 Å². The third kappa shape index (κ3) is 1.25. The van der Waals surface area contributed by atoms with Gasteiger partial charge in [0.15, 0.2) is 0 Å². The van der Waals surface area contributed by atoms with Gasteiger partial charge in [0.05, 0.1) is 12.7 Å². The molecule has 66 valence electrons. The molecule has 0 saturated carbocycles. The predicted molar refractivity (Wildman–Crippen MR) is 34.6 cm³/mol. The molecule has 0 aliphatic carbocycles. The van der Waals surface area contributed by atoms with E-state index in [0.29, 0.717) is 0 Å². The lowest BCUT2D eigenvalue weighted by molar-refractivity contribution is -0.243. The van der Waals surface area contributed by atoms with Crippen LogP contribution in [0.5, 0.6) is 0 Å². The second kappa shape index (κ2) is 2.69. The van der Waals surface area contributed by atoms with E-state index in [-0.39, 0.29) is 0 Å². The van der Waals surface area contributed by atoms with Crippen molar-refractivity contribution < 1.29 is 25.2 Å². The lowest BCUT2D eigenvalue weighted by atomic mass is 10.1. The first-order chi connectivity index (χ1) is 5.01. The van der Waals surface area contributed by atoms with Gasteiger partial charge in [-0.15, -0.1) is 0 Å². The summed E-state index contributed by atoms with van der Waals surface area (Å²) >= 11 is 0. The van der Waals surface area contributed by atoms with Crippen molar-refractivity contribution in [3.63, 3.8) is 0 Å². The average molecular weight is 164 g/mol. The zero-order valence-corrected chi connectivity index (χ0v) is 6.14. The van der Waals surface area contributed by atoms with Gasteiger partial charge in [0.2, 0.25) is 5.79 Å². The van der Waals surface area contributed by atoms with Crippen molar-refractivity contribution in [2.45, 2.75) is 31.0 Å². The molecule has 0 radical (unpaired) electrons. The molecule has 11 heavy (non-hydrogen) atoms. The first-order valence-electron chi connectivity index (χ1n) is 3.38. The van der Waals surface area contributed by atoms with Crippen LogP contribution in [0.3, 0.4) is 0 Å². The summed E-state index contributed by atoms with van der Waals surface area (Å²) in [7, 11) is 0. The molecule has 4 atom stereocenters. The van der Waals surface area contributed by atoms with E-state index in [1.54, 1.807) is 0 Å². The van der Waals surface area contributed by atoms with Gasteiger partial charge in [-0.25, -0.2) is 0 Å². The van der Waals surface area contributed by atoms with Gasteiger partial charge in [-0.3, -0.25) is 0 Å². The second-order valence-electron chi connectivity index (χ2n) is 2.76. The van der Waals surface area contributed by atoms with E-state index >= 15 is 0 Å². The summed E-state index contributed by atoms with van der Waals surface area (Å²) in [4.78, 5) is 0. The number of aliphatic hydroxyl groups is 4. The molecule has 1 fully saturated rings. The Morgan fingerprint density at radius 1 is 1.45 bits per heavy atom. The molecular weight excluding hydrogens is 152 g/mol. The molecule has 0 aromatic rings. The number of aliphatic hydroxyl groups excluding tert-OH is 3. The van der Waals surface area contributed by atoms with E-state index in [1.165, 1.54) is 6.92 Å². The molecule has 4 N–H and O–H groups in total. The highest BCUT2D eigenvalue weighted by atomic mass is 16.7. The van der Waals surface area contributed by atoms with Crippen LogP contribution in [0.25, 0.3) is 0 Å². The molecule has 1 aliphatic rings. The molecule has 1 rings (SSSR count). The largest absolute Gasteiger partial charge is 0.391 e. The van der Waals surface area contributed by atoms with Crippen molar-refractivity contribution in [1.29, 1.82) is 0 Å². The molecule has 1 unspecified atom stereocenters. The SMILES string of the molecule is C[C@@H]1O[C@](O)(CO)[C@@H](O)C1O. The lowest BCUT2D eigenvalue weighted by Gasteiger charge is -2.22. The summed E-state index contributed by atoms with van der Waals surface area (Å²) in [5.74, 6) is -2.00. The normalized spacial score (nSPS) is 51.5. The van der Waals surface area contributed by atoms with Gasteiger partial charge >= 0.3 is 0 Å². The van der Waals surface area contributed by atoms with E-state index in [1.807, 2.05) is 0 Å². The van der Waals surface area contributed by atoms with E-state index < -0.39 is 30.7 Å². The monoisotopic (exact) mass is 164 g/mol. The Kier molecular flexibility index (Phi) is 2.17. The van der Waals surface area contributed by atoms with E-state index in [2.05, 4.69) is 0 Å². The Bertz CT molecular complexity index is 150. The summed E-state index contributed by atoms with van der Waals surface area (Å²) in [6.07, 6.45) is -3.25. The van der Waals surface area contributed by atoms with Crippen molar-refractivity contribution in [2.75, 3.05) is 6.61 Å². The van der Waals surface area contributed by atoms with Crippen molar-refractivity contribution >= 4 is 0 Å². The van der Waals surface area contributed by atoms with Gasteiger partial charge in [0.25, 0.3) is 0 Å². The number of ether oxygens (including phenoxy) is 1. The Balaban J connectivity index is 2.73. The fourth-order valence-electron chi connectivity index (χ4n) is 1.12. The summed E-state index contributed by atoms with van der Waals surface area (Å²) in [6, 6.07) is 0. The summed E-state index contributed by atoms with van der Waals surface area (Å²) in [6.45, 7) is 0.775. The van der Waals surface area contributed by atoms with Gasteiger partial charge < -0.3 is 25.2 Å². The highest BCUT2D eigenvalue weighted by molar-refractivity contribution is 4.93. The van der Waals surface area contributed by atoms with Crippen LogP contribution in [0.15, 0.2) is 0 Å². The first kappa shape index (κ1) is 8.89. The van der Waals surface area contributed by atoms with Crippen LogP contribution in [-0.2, 0) is 4.74 Å². The van der Waals surface area contributed by atoms with Crippen molar-refractivity contribution in [3.05, 3.63) is 0 Å². The summed E-state index contributed by atoms with van der Waals surface area (Å²) in [5.41, 5.74) is 0. The zero-order chi connectivity index (χ0) is 8.65. The van der Waals surface area contributed by atoms with Gasteiger partial charge in [0.1, 0.15) is 12.2 Å². The van der Waals surface area contributed by atoms with Crippen LogP contribution in [0.4, 0.5) is 0 Å². The third-order valence-electron chi connectivity index (χ3n) is 1.88.